The van der Waals surface area contributed by atoms with Gasteiger partial charge in [0.15, 0.2) is 0 Å². The molecule has 1 heterocycles. The Hall–Kier alpha value is -2.37. The van der Waals surface area contributed by atoms with Crippen LogP contribution in [0.1, 0.15) is 17.0 Å². The maximum absolute atomic E-state index is 9.48. The third-order valence-corrected chi connectivity index (χ3v) is 4.04. The molecule has 0 aromatic heterocycles. The Morgan fingerprint density at radius 1 is 1.20 bits per heavy atom. The van der Waals surface area contributed by atoms with Gasteiger partial charge in [0.2, 0.25) is 0 Å². The zero-order valence-electron chi connectivity index (χ0n) is 11.3. The average Bonchev–Trinajstić information content (AvgIpc) is 2.46. The highest BCUT2D eigenvalue weighted by Crippen LogP contribution is 2.39. The average molecular weight is 282 g/mol. The Morgan fingerprint density at radius 2 is 1.85 bits per heavy atom. The first-order valence-electron chi connectivity index (χ1n) is 6.04. The number of nitrogens with two attached hydrogens (primary N) is 1. The highest BCUT2D eigenvalue weighted by molar-refractivity contribution is 8.02. The third kappa shape index (κ3) is 2.24. The molecule has 1 aliphatic rings. The number of dihydropyridines is 1. The van der Waals surface area contributed by atoms with E-state index in [1.165, 1.54) is 11.8 Å². The Labute approximate surface area is 122 Å². The normalized spacial score (nSPS) is 18.3. The topological polar surface area (TPSA) is 85.6 Å². The largest absolute Gasteiger partial charge is 0.384 e. The van der Waals surface area contributed by atoms with E-state index in [1.807, 2.05) is 37.4 Å². The SMILES string of the molecule is CSC1=C(C#N)[C@@H](c2ccccc2C)C(C#N)=C(N)N1. The Kier molecular flexibility index (Phi) is 4.02. The molecule has 0 saturated heterocycles. The minimum Gasteiger partial charge on any atom is -0.384 e. The summed E-state index contributed by atoms with van der Waals surface area (Å²) in [7, 11) is 0. The number of nitriles is 2. The van der Waals surface area contributed by atoms with Crippen LogP contribution in [0, 0.1) is 29.6 Å². The second kappa shape index (κ2) is 5.73. The quantitative estimate of drug-likeness (QED) is 0.870. The maximum atomic E-state index is 9.48. The fraction of sp³-hybridized carbons (Fsp3) is 0.200. The van der Waals surface area contributed by atoms with Crippen LogP contribution in [0.3, 0.4) is 0 Å². The molecule has 100 valence electrons. The Bertz CT molecular complexity index is 689. The zero-order chi connectivity index (χ0) is 14.7. The van der Waals surface area contributed by atoms with Gasteiger partial charge in [-0.2, -0.15) is 10.5 Å². The second-order valence-electron chi connectivity index (χ2n) is 4.41. The van der Waals surface area contributed by atoms with Crippen molar-refractivity contribution in [3.05, 3.63) is 57.4 Å². The van der Waals surface area contributed by atoms with Gasteiger partial charge in [0.05, 0.1) is 34.2 Å². The van der Waals surface area contributed by atoms with Crippen LogP contribution in [0.25, 0.3) is 0 Å². The number of hydrogen-bond donors (Lipinski definition) is 2. The molecule has 0 fully saturated rings. The van der Waals surface area contributed by atoms with Crippen LogP contribution >= 0.6 is 11.8 Å². The van der Waals surface area contributed by atoms with Gasteiger partial charge in [-0.3, -0.25) is 0 Å². The molecular formula is C15H14N4S. The molecule has 5 heteroatoms. The summed E-state index contributed by atoms with van der Waals surface area (Å²) >= 11 is 1.42. The van der Waals surface area contributed by atoms with Crippen molar-refractivity contribution in [2.45, 2.75) is 12.8 Å². The van der Waals surface area contributed by atoms with Gasteiger partial charge in [0.25, 0.3) is 0 Å². The first kappa shape index (κ1) is 14.0. The number of thioether (sulfide) groups is 1. The predicted molar refractivity (Wildman–Crippen MR) is 80.0 cm³/mol. The molecule has 0 radical (unpaired) electrons. The first-order valence-corrected chi connectivity index (χ1v) is 7.27. The van der Waals surface area contributed by atoms with Crippen molar-refractivity contribution in [1.29, 1.82) is 10.5 Å². The first-order chi connectivity index (χ1) is 9.63. The van der Waals surface area contributed by atoms with Crippen LogP contribution in [0.5, 0.6) is 0 Å². The second-order valence-corrected chi connectivity index (χ2v) is 5.23. The molecule has 0 spiro atoms. The van der Waals surface area contributed by atoms with Crippen molar-refractivity contribution < 1.29 is 0 Å². The highest BCUT2D eigenvalue weighted by Gasteiger charge is 2.31. The number of benzene rings is 1. The number of nitrogens with zero attached hydrogens (tertiary/aromatic N) is 2. The van der Waals surface area contributed by atoms with E-state index in [0.29, 0.717) is 22.0 Å². The smallest absolute Gasteiger partial charge is 0.116 e. The molecule has 4 nitrogen and oxygen atoms in total. The van der Waals surface area contributed by atoms with Gasteiger partial charge >= 0.3 is 0 Å². The van der Waals surface area contributed by atoms with E-state index in [4.69, 9.17) is 5.73 Å². The van der Waals surface area contributed by atoms with Gasteiger partial charge < -0.3 is 11.1 Å². The number of rotatable bonds is 2. The van der Waals surface area contributed by atoms with Crippen molar-refractivity contribution in [3.8, 4) is 12.1 Å². The number of hydrogen-bond acceptors (Lipinski definition) is 5. The molecule has 2 rings (SSSR count). The van der Waals surface area contributed by atoms with Gasteiger partial charge in [0.1, 0.15) is 5.82 Å². The molecule has 20 heavy (non-hydrogen) atoms. The van der Waals surface area contributed by atoms with Gasteiger partial charge in [-0.1, -0.05) is 24.3 Å². The van der Waals surface area contributed by atoms with Crippen LogP contribution in [0.4, 0.5) is 0 Å². The molecule has 0 unspecified atom stereocenters. The maximum Gasteiger partial charge on any atom is 0.116 e. The molecule has 1 aromatic rings. The lowest BCUT2D eigenvalue weighted by atomic mass is 9.82. The van der Waals surface area contributed by atoms with Crippen LogP contribution in [0.15, 0.2) is 46.3 Å². The van der Waals surface area contributed by atoms with Crippen molar-refractivity contribution in [1.82, 2.24) is 5.32 Å². The van der Waals surface area contributed by atoms with E-state index >= 15 is 0 Å². The predicted octanol–water partition coefficient (Wildman–Crippen LogP) is 2.47. The van der Waals surface area contributed by atoms with E-state index in [-0.39, 0.29) is 0 Å². The van der Waals surface area contributed by atoms with E-state index in [1.54, 1.807) is 0 Å². The summed E-state index contributed by atoms with van der Waals surface area (Å²) in [6.45, 7) is 1.97. The van der Waals surface area contributed by atoms with Crippen LogP contribution in [-0.4, -0.2) is 6.26 Å². The lowest BCUT2D eigenvalue weighted by Gasteiger charge is -2.27. The summed E-state index contributed by atoms with van der Waals surface area (Å²) in [5.41, 5.74) is 8.85. The molecule has 0 aliphatic carbocycles. The Balaban J connectivity index is 2.70. The summed E-state index contributed by atoms with van der Waals surface area (Å²) in [4.78, 5) is 0. The van der Waals surface area contributed by atoms with Gasteiger partial charge in [-0.05, 0) is 24.3 Å². The fourth-order valence-electron chi connectivity index (χ4n) is 2.31. The van der Waals surface area contributed by atoms with Crippen LogP contribution in [0.2, 0.25) is 0 Å². The van der Waals surface area contributed by atoms with E-state index in [2.05, 4.69) is 17.5 Å². The lowest BCUT2D eigenvalue weighted by molar-refractivity contribution is 0.836. The molecule has 0 bridgehead atoms. The third-order valence-electron chi connectivity index (χ3n) is 3.30. The van der Waals surface area contributed by atoms with Gasteiger partial charge in [-0.25, -0.2) is 0 Å². The fourth-order valence-corrected chi connectivity index (χ4v) is 2.91. The molecule has 1 atom stereocenters. The summed E-state index contributed by atoms with van der Waals surface area (Å²) in [6, 6.07) is 12.1. The van der Waals surface area contributed by atoms with Gasteiger partial charge in [0, 0.05) is 0 Å². The number of aryl methyl sites for hydroxylation is 1. The minimum absolute atomic E-state index is 0.323. The zero-order valence-corrected chi connectivity index (χ0v) is 12.1. The van der Waals surface area contributed by atoms with E-state index in [0.717, 1.165) is 11.1 Å². The lowest BCUT2D eigenvalue weighted by Crippen LogP contribution is -2.29. The molecule has 3 N–H and O–H groups in total. The molecule has 1 aromatic carbocycles. The van der Waals surface area contributed by atoms with Crippen molar-refractivity contribution in [2.24, 2.45) is 5.73 Å². The van der Waals surface area contributed by atoms with E-state index in [9.17, 15) is 10.5 Å². The highest BCUT2D eigenvalue weighted by atomic mass is 32.2. The van der Waals surface area contributed by atoms with Crippen LogP contribution in [-0.2, 0) is 0 Å². The van der Waals surface area contributed by atoms with E-state index < -0.39 is 5.92 Å². The monoisotopic (exact) mass is 282 g/mol. The van der Waals surface area contributed by atoms with Crippen molar-refractivity contribution in [2.75, 3.05) is 6.26 Å². The minimum atomic E-state index is -0.394. The summed E-state index contributed by atoms with van der Waals surface area (Å²) in [5.74, 6) is -0.0704. The number of nitrogens with one attached hydrogen (secondary N) is 1. The Morgan fingerprint density at radius 3 is 2.40 bits per heavy atom. The summed E-state index contributed by atoms with van der Waals surface area (Å²) in [6.07, 6.45) is 1.87. The number of allylic oxidation sites excluding steroid dienone is 2. The van der Waals surface area contributed by atoms with Crippen molar-refractivity contribution >= 4 is 11.8 Å². The van der Waals surface area contributed by atoms with Crippen LogP contribution < -0.4 is 11.1 Å². The summed E-state index contributed by atoms with van der Waals surface area (Å²) < 4.78 is 0. The van der Waals surface area contributed by atoms with Crippen molar-refractivity contribution in [3.63, 3.8) is 0 Å². The van der Waals surface area contributed by atoms with Gasteiger partial charge in [-0.15, -0.1) is 11.8 Å². The molecule has 0 saturated carbocycles. The molecular weight excluding hydrogens is 268 g/mol. The standard InChI is InChI=1S/C15H14N4S/c1-9-5-3-4-6-10(9)13-11(7-16)14(18)19-15(20-2)12(13)8-17/h3-6,13,19H,18H2,1-2H3/t13-/m0/s1. The molecule has 0 amide bonds. The molecule has 1 aliphatic heterocycles. The summed E-state index contributed by atoms with van der Waals surface area (Å²) in [5, 5.41) is 22.5.